The first-order valence-electron chi connectivity index (χ1n) is 8.58. The predicted molar refractivity (Wildman–Crippen MR) is 102 cm³/mol. The standard InChI is InChI=1S/C19H18ClN5O3/c1-2-16(19(27)28-11-12-3-5-13(6-4-12)17(21)26)25-23-18(22-24-25)14-7-9-15(20)10-8-14/h3-10,16H,2,11H2,1H3,(H2,21,26). The molecular formula is C19H18ClN5O3. The van der Waals surface area contributed by atoms with Crippen LogP contribution in [0.25, 0.3) is 11.4 Å². The van der Waals surface area contributed by atoms with Crippen molar-refractivity contribution in [3.63, 3.8) is 0 Å². The Kier molecular flexibility index (Phi) is 6.00. The van der Waals surface area contributed by atoms with Gasteiger partial charge in [0.15, 0.2) is 6.04 Å². The fourth-order valence-corrected chi connectivity index (χ4v) is 2.64. The number of nitrogens with two attached hydrogens (primary N) is 1. The number of tetrazole rings is 1. The van der Waals surface area contributed by atoms with E-state index < -0.39 is 17.9 Å². The predicted octanol–water partition coefficient (Wildman–Crippen LogP) is 2.79. The zero-order valence-electron chi connectivity index (χ0n) is 15.1. The molecule has 2 aromatic carbocycles. The number of ether oxygens (including phenoxy) is 1. The molecule has 1 unspecified atom stereocenters. The van der Waals surface area contributed by atoms with Crippen LogP contribution in [0.2, 0.25) is 5.02 Å². The first-order valence-corrected chi connectivity index (χ1v) is 8.96. The Morgan fingerprint density at radius 2 is 1.82 bits per heavy atom. The Morgan fingerprint density at radius 3 is 2.43 bits per heavy atom. The van der Waals surface area contributed by atoms with E-state index in [0.29, 0.717) is 22.8 Å². The number of primary amides is 1. The summed E-state index contributed by atoms with van der Waals surface area (Å²) in [4.78, 5) is 24.8. The summed E-state index contributed by atoms with van der Waals surface area (Å²) in [6.07, 6.45) is 0.440. The smallest absolute Gasteiger partial charge is 0.333 e. The van der Waals surface area contributed by atoms with Crippen molar-refractivity contribution in [1.29, 1.82) is 0 Å². The van der Waals surface area contributed by atoms with Gasteiger partial charge in [0.2, 0.25) is 11.7 Å². The molecule has 0 aliphatic heterocycles. The van der Waals surface area contributed by atoms with Gasteiger partial charge in [-0.15, -0.1) is 15.0 Å². The highest BCUT2D eigenvalue weighted by Gasteiger charge is 2.23. The molecule has 0 bridgehead atoms. The van der Waals surface area contributed by atoms with E-state index in [9.17, 15) is 9.59 Å². The topological polar surface area (TPSA) is 113 Å². The van der Waals surface area contributed by atoms with E-state index in [1.165, 1.54) is 4.80 Å². The van der Waals surface area contributed by atoms with Crippen LogP contribution >= 0.6 is 11.6 Å². The minimum absolute atomic E-state index is 0.0626. The van der Waals surface area contributed by atoms with Crippen LogP contribution in [0.15, 0.2) is 48.5 Å². The summed E-state index contributed by atoms with van der Waals surface area (Å²) >= 11 is 5.88. The molecule has 9 heteroatoms. The summed E-state index contributed by atoms with van der Waals surface area (Å²) in [5, 5.41) is 12.9. The van der Waals surface area contributed by atoms with E-state index in [4.69, 9.17) is 22.1 Å². The molecule has 3 rings (SSSR count). The number of aromatic nitrogens is 4. The number of rotatable bonds is 7. The van der Waals surface area contributed by atoms with E-state index >= 15 is 0 Å². The monoisotopic (exact) mass is 399 g/mol. The molecule has 1 aromatic heterocycles. The first kappa shape index (κ1) is 19.5. The molecule has 0 saturated heterocycles. The molecule has 0 fully saturated rings. The van der Waals surface area contributed by atoms with Crippen molar-refractivity contribution >= 4 is 23.5 Å². The maximum Gasteiger partial charge on any atom is 0.333 e. The molecule has 28 heavy (non-hydrogen) atoms. The van der Waals surface area contributed by atoms with Crippen molar-refractivity contribution in [1.82, 2.24) is 20.2 Å². The van der Waals surface area contributed by atoms with Gasteiger partial charge in [0, 0.05) is 16.1 Å². The number of halogens is 1. The molecule has 1 amide bonds. The van der Waals surface area contributed by atoms with Crippen LogP contribution in [0.4, 0.5) is 0 Å². The lowest BCUT2D eigenvalue weighted by Crippen LogP contribution is -2.23. The minimum Gasteiger partial charge on any atom is -0.459 e. The maximum atomic E-state index is 12.5. The van der Waals surface area contributed by atoms with Crippen molar-refractivity contribution in [3.8, 4) is 11.4 Å². The van der Waals surface area contributed by atoms with Gasteiger partial charge < -0.3 is 10.5 Å². The summed E-state index contributed by atoms with van der Waals surface area (Å²) in [7, 11) is 0. The fraction of sp³-hybridized carbons (Fsp3) is 0.211. The van der Waals surface area contributed by atoms with Crippen LogP contribution in [-0.4, -0.2) is 32.1 Å². The zero-order valence-corrected chi connectivity index (χ0v) is 15.8. The highest BCUT2D eigenvalue weighted by molar-refractivity contribution is 6.30. The lowest BCUT2D eigenvalue weighted by Gasteiger charge is -2.12. The Labute approximate surface area is 166 Å². The van der Waals surface area contributed by atoms with Crippen LogP contribution < -0.4 is 5.73 Å². The van der Waals surface area contributed by atoms with Gasteiger partial charge in [-0.2, -0.15) is 0 Å². The summed E-state index contributed by atoms with van der Waals surface area (Å²) < 4.78 is 5.37. The maximum absolute atomic E-state index is 12.5. The van der Waals surface area contributed by atoms with E-state index in [1.807, 2.05) is 6.92 Å². The number of hydrogen-bond donors (Lipinski definition) is 1. The molecule has 0 aliphatic carbocycles. The van der Waals surface area contributed by atoms with Crippen LogP contribution in [0.5, 0.6) is 0 Å². The highest BCUT2D eigenvalue weighted by atomic mass is 35.5. The Hall–Kier alpha value is -3.26. The van der Waals surface area contributed by atoms with E-state index in [2.05, 4.69) is 15.4 Å². The molecule has 1 atom stereocenters. The third-order valence-electron chi connectivity index (χ3n) is 4.09. The van der Waals surface area contributed by atoms with Crippen LogP contribution in [0, 0.1) is 0 Å². The summed E-state index contributed by atoms with van der Waals surface area (Å²) in [6.45, 7) is 1.89. The lowest BCUT2D eigenvalue weighted by atomic mass is 10.1. The molecule has 144 valence electrons. The largest absolute Gasteiger partial charge is 0.459 e. The van der Waals surface area contributed by atoms with Crippen molar-refractivity contribution < 1.29 is 14.3 Å². The quantitative estimate of drug-likeness (QED) is 0.611. The average molecular weight is 400 g/mol. The number of hydrogen-bond acceptors (Lipinski definition) is 6. The zero-order chi connectivity index (χ0) is 20.1. The van der Waals surface area contributed by atoms with Crippen LogP contribution in [0.1, 0.15) is 35.3 Å². The normalized spacial score (nSPS) is 11.8. The Bertz CT molecular complexity index is 970. The molecule has 2 N–H and O–H groups in total. The lowest BCUT2D eigenvalue weighted by molar-refractivity contribution is -0.149. The van der Waals surface area contributed by atoms with Crippen molar-refractivity contribution in [2.75, 3.05) is 0 Å². The Morgan fingerprint density at radius 1 is 1.14 bits per heavy atom. The van der Waals surface area contributed by atoms with Gasteiger partial charge in [-0.05, 0) is 53.6 Å². The number of esters is 1. The number of nitrogens with zero attached hydrogens (tertiary/aromatic N) is 4. The minimum atomic E-state index is -0.696. The molecule has 0 saturated carbocycles. The molecule has 0 spiro atoms. The summed E-state index contributed by atoms with van der Waals surface area (Å²) in [5.41, 5.74) is 7.08. The number of amides is 1. The van der Waals surface area contributed by atoms with E-state index in [-0.39, 0.29) is 6.61 Å². The van der Waals surface area contributed by atoms with Crippen molar-refractivity contribution in [2.45, 2.75) is 26.0 Å². The van der Waals surface area contributed by atoms with Crippen LogP contribution in [0.3, 0.4) is 0 Å². The third-order valence-corrected chi connectivity index (χ3v) is 4.34. The van der Waals surface area contributed by atoms with E-state index in [1.54, 1.807) is 48.5 Å². The van der Waals surface area contributed by atoms with Crippen molar-refractivity contribution in [2.24, 2.45) is 5.73 Å². The van der Waals surface area contributed by atoms with Gasteiger partial charge in [0.05, 0.1) is 0 Å². The number of carbonyl (C=O) groups excluding carboxylic acids is 2. The van der Waals surface area contributed by atoms with Gasteiger partial charge in [-0.3, -0.25) is 4.79 Å². The number of carbonyl (C=O) groups is 2. The second kappa shape index (κ2) is 8.62. The van der Waals surface area contributed by atoms with Gasteiger partial charge >= 0.3 is 5.97 Å². The van der Waals surface area contributed by atoms with Gasteiger partial charge in [-0.25, -0.2) is 4.79 Å². The second-order valence-corrected chi connectivity index (χ2v) is 6.47. The molecule has 8 nitrogen and oxygen atoms in total. The molecule has 0 radical (unpaired) electrons. The first-order chi connectivity index (χ1) is 13.5. The van der Waals surface area contributed by atoms with Crippen molar-refractivity contribution in [3.05, 3.63) is 64.7 Å². The molecular weight excluding hydrogens is 382 g/mol. The molecule has 0 aliphatic rings. The Balaban J connectivity index is 1.66. The average Bonchev–Trinajstić information content (AvgIpc) is 3.17. The number of benzene rings is 2. The molecule has 3 aromatic rings. The van der Waals surface area contributed by atoms with E-state index in [0.717, 1.165) is 11.1 Å². The van der Waals surface area contributed by atoms with Gasteiger partial charge in [-0.1, -0.05) is 30.7 Å². The summed E-state index contributed by atoms with van der Waals surface area (Å²) in [5.74, 6) is -0.588. The second-order valence-electron chi connectivity index (χ2n) is 6.03. The fourth-order valence-electron chi connectivity index (χ4n) is 2.51. The molecule has 1 heterocycles. The third kappa shape index (κ3) is 4.52. The van der Waals surface area contributed by atoms with Gasteiger partial charge in [0.25, 0.3) is 0 Å². The van der Waals surface area contributed by atoms with Crippen LogP contribution in [-0.2, 0) is 16.1 Å². The summed E-state index contributed by atoms with van der Waals surface area (Å²) in [6, 6.07) is 12.8. The SMILES string of the molecule is CCC(C(=O)OCc1ccc(C(N)=O)cc1)n1nnc(-c2ccc(Cl)cc2)n1. The highest BCUT2D eigenvalue weighted by Crippen LogP contribution is 2.19. The van der Waals surface area contributed by atoms with Gasteiger partial charge in [0.1, 0.15) is 6.61 Å².